The van der Waals surface area contributed by atoms with Crippen molar-refractivity contribution in [2.45, 2.75) is 26.2 Å². The molecule has 15 rings (SSSR count). The fraction of sp³-hybridized carbons (Fsp3) is 0.0541. The average molecular weight is 1020 g/mol. The normalized spacial score (nSPS) is 12.6. The molecule has 0 bridgehead atoms. The number of fused-ring (bicyclic) bond motifs is 7. The van der Waals surface area contributed by atoms with E-state index in [2.05, 4.69) is 284 Å². The molecular formula is C74H54BN5. The zero-order chi connectivity index (χ0) is 53.5. The Morgan fingerprint density at radius 2 is 0.863 bits per heavy atom. The number of rotatable bonds is 8. The summed E-state index contributed by atoms with van der Waals surface area (Å²) in [7, 11) is 0. The summed E-state index contributed by atoms with van der Waals surface area (Å²) in [6, 6.07) is 99.3. The van der Waals surface area contributed by atoms with Gasteiger partial charge in [0.05, 0.1) is 28.1 Å². The number of para-hydroxylation sites is 4. The van der Waals surface area contributed by atoms with E-state index in [9.17, 15) is 0 Å². The van der Waals surface area contributed by atoms with Crippen LogP contribution in [0.25, 0.3) is 83.6 Å². The van der Waals surface area contributed by atoms with Gasteiger partial charge >= 0.3 is 0 Å². The van der Waals surface area contributed by atoms with Gasteiger partial charge < -0.3 is 14.4 Å². The third-order valence-corrected chi connectivity index (χ3v) is 16.4. The molecule has 0 aliphatic carbocycles. The van der Waals surface area contributed by atoms with Crippen LogP contribution in [0.1, 0.15) is 26.3 Å². The first-order valence-electron chi connectivity index (χ1n) is 27.7. The number of benzene rings is 11. The summed E-state index contributed by atoms with van der Waals surface area (Å²) in [6.07, 6.45) is 0. The monoisotopic (exact) mass is 1020 g/mol. The lowest BCUT2D eigenvalue weighted by molar-refractivity contribution is 0.591. The summed E-state index contributed by atoms with van der Waals surface area (Å²) in [5.41, 5.74) is 25.0. The van der Waals surface area contributed by atoms with Gasteiger partial charge in [0.2, 0.25) is 0 Å². The maximum absolute atomic E-state index is 5.31. The smallest absolute Gasteiger partial charge is 0.252 e. The fourth-order valence-corrected chi connectivity index (χ4v) is 12.5. The van der Waals surface area contributed by atoms with Crippen LogP contribution in [0.2, 0.25) is 0 Å². The highest BCUT2D eigenvalue weighted by atomic mass is 15.2. The predicted octanol–water partition coefficient (Wildman–Crippen LogP) is 17.3. The van der Waals surface area contributed by atoms with Crippen molar-refractivity contribution in [1.82, 2.24) is 14.5 Å². The molecule has 5 nitrogen and oxygen atoms in total. The number of anilines is 6. The van der Waals surface area contributed by atoms with Crippen molar-refractivity contribution < 1.29 is 0 Å². The molecule has 2 aromatic heterocycles. The summed E-state index contributed by atoms with van der Waals surface area (Å²) in [4.78, 5) is 15.4. The van der Waals surface area contributed by atoms with E-state index in [0.29, 0.717) is 5.82 Å². The molecule has 0 N–H and O–H groups in total. The largest absolute Gasteiger partial charge is 0.311 e. The highest BCUT2D eigenvalue weighted by molar-refractivity contribution is 7.00. The lowest BCUT2D eigenvalue weighted by Gasteiger charge is -2.44. The average Bonchev–Trinajstić information content (AvgIpc) is 3.68. The Kier molecular flexibility index (Phi) is 11.1. The molecule has 13 aromatic rings. The lowest BCUT2D eigenvalue weighted by atomic mass is 9.33. The quantitative estimate of drug-likeness (QED) is 0.142. The third kappa shape index (κ3) is 7.86. The maximum atomic E-state index is 5.31. The molecule has 0 amide bonds. The van der Waals surface area contributed by atoms with Gasteiger partial charge in [0.1, 0.15) is 0 Å². The zero-order valence-corrected chi connectivity index (χ0v) is 44.8. The Balaban J connectivity index is 0.873. The Bertz CT molecular complexity index is 4470. The second-order valence-corrected chi connectivity index (χ2v) is 22.2. The Labute approximate surface area is 467 Å². The van der Waals surface area contributed by atoms with E-state index in [1.165, 1.54) is 61.0 Å². The molecule has 0 spiro atoms. The molecule has 11 aromatic carbocycles. The minimum absolute atomic E-state index is 0.0000421. The van der Waals surface area contributed by atoms with Crippen LogP contribution in [0.5, 0.6) is 0 Å². The van der Waals surface area contributed by atoms with Gasteiger partial charge in [0.25, 0.3) is 6.71 Å². The number of aromatic nitrogens is 3. The van der Waals surface area contributed by atoms with Crippen molar-refractivity contribution in [3.8, 4) is 61.8 Å². The Morgan fingerprint density at radius 1 is 0.338 bits per heavy atom. The summed E-state index contributed by atoms with van der Waals surface area (Å²) in [5.74, 6) is 0.690. The van der Waals surface area contributed by atoms with Gasteiger partial charge in [-0.3, -0.25) is 0 Å². The highest BCUT2D eigenvalue weighted by Crippen LogP contribution is 2.45. The van der Waals surface area contributed by atoms with Crippen LogP contribution in [-0.4, -0.2) is 21.2 Å². The molecule has 4 heterocycles. The molecule has 2 aliphatic heterocycles. The van der Waals surface area contributed by atoms with Crippen LogP contribution in [0.3, 0.4) is 0 Å². The second kappa shape index (κ2) is 18.9. The van der Waals surface area contributed by atoms with Gasteiger partial charge in [-0.2, -0.15) is 0 Å². The summed E-state index contributed by atoms with van der Waals surface area (Å²) in [6.45, 7) is 6.95. The first-order chi connectivity index (χ1) is 39.3. The van der Waals surface area contributed by atoms with E-state index in [1.807, 2.05) is 24.3 Å². The van der Waals surface area contributed by atoms with Crippen LogP contribution in [0.15, 0.2) is 273 Å². The van der Waals surface area contributed by atoms with E-state index < -0.39 is 0 Å². The molecular weight excluding hydrogens is 970 g/mol. The van der Waals surface area contributed by atoms with E-state index >= 15 is 0 Å². The molecule has 2 aliphatic rings. The predicted molar refractivity (Wildman–Crippen MR) is 336 cm³/mol. The fourth-order valence-electron chi connectivity index (χ4n) is 12.5. The summed E-state index contributed by atoms with van der Waals surface area (Å²) < 4.78 is 2.46. The topological polar surface area (TPSA) is 37.2 Å². The summed E-state index contributed by atoms with van der Waals surface area (Å²) >= 11 is 0. The Morgan fingerprint density at radius 3 is 1.56 bits per heavy atom. The molecule has 0 fully saturated rings. The van der Waals surface area contributed by atoms with Gasteiger partial charge in [-0.25, -0.2) is 9.97 Å². The molecule has 378 valence electrons. The Hall–Kier alpha value is -10.0. The SMILES string of the molecule is CC(C)(C)c1ccc2c(c1)c1ccccc1n2-c1ccc(-c2cc(-c3ccccc3)nc(-c3ccccc3)n2)cc1-c1ccc(-c2cccc(N3c4ccccc4B4c5ccccc5N(c5ccccc5)c5cccc3c54)c2)cc1. The van der Waals surface area contributed by atoms with E-state index in [4.69, 9.17) is 9.97 Å². The lowest BCUT2D eigenvalue weighted by Crippen LogP contribution is -2.61. The molecule has 6 heteroatoms. The van der Waals surface area contributed by atoms with Crippen molar-refractivity contribution in [1.29, 1.82) is 0 Å². The molecule has 0 radical (unpaired) electrons. The van der Waals surface area contributed by atoms with Crippen LogP contribution >= 0.6 is 0 Å². The number of nitrogens with zero attached hydrogens (tertiary/aromatic N) is 5. The van der Waals surface area contributed by atoms with Crippen molar-refractivity contribution in [3.05, 3.63) is 279 Å². The molecule has 80 heavy (non-hydrogen) atoms. The van der Waals surface area contributed by atoms with Gasteiger partial charge in [0, 0.05) is 67.2 Å². The first kappa shape index (κ1) is 47.2. The summed E-state index contributed by atoms with van der Waals surface area (Å²) in [5, 5.41) is 2.48. The number of hydrogen-bond acceptors (Lipinski definition) is 4. The molecule has 0 saturated heterocycles. The van der Waals surface area contributed by atoms with Crippen LogP contribution in [0, 0.1) is 0 Å². The van der Waals surface area contributed by atoms with E-state index in [-0.39, 0.29) is 12.1 Å². The van der Waals surface area contributed by atoms with E-state index in [0.717, 1.165) is 72.9 Å². The van der Waals surface area contributed by atoms with Crippen molar-refractivity contribution in [2.75, 3.05) is 9.80 Å². The van der Waals surface area contributed by atoms with E-state index in [1.54, 1.807) is 0 Å². The van der Waals surface area contributed by atoms with Crippen LogP contribution in [0.4, 0.5) is 34.1 Å². The molecule has 0 atom stereocenters. The van der Waals surface area contributed by atoms with Gasteiger partial charge in [-0.05, 0) is 129 Å². The van der Waals surface area contributed by atoms with Crippen LogP contribution < -0.4 is 26.2 Å². The third-order valence-electron chi connectivity index (χ3n) is 16.4. The minimum Gasteiger partial charge on any atom is -0.311 e. The second-order valence-electron chi connectivity index (χ2n) is 22.2. The highest BCUT2D eigenvalue weighted by Gasteiger charge is 2.42. The van der Waals surface area contributed by atoms with Crippen molar-refractivity contribution in [2.24, 2.45) is 0 Å². The zero-order valence-electron chi connectivity index (χ0n) is 44.8. The molecule has 0 saturated carbocycles. The minimum atomic E-state index is -0.0000421. The van der Waals surface area contributed by atoms with Crippen molar-refractivity contribution in [3.63, 3.8) is 0 Å². The van der Waals surface area contributed by atoms with Gasteiger partial charge in [0.15, 0.2) is 5.82 Å². The standard InChI is InChI=1S/C74H54BN5/c1-74(2,3)55-42-44-67-60(47-55)58-29-13-16-32-65(58)80(67)66-43-41-54(64-48-63(51-21-7-4-8-22-51)76-73(77-64)52-23-9-5-10-24-52)46-59(66)50-39-37-49(38-40-50)53-25-19-28-57(45-53)79-69-34-18-15-31-62(69)75-61-30-14-17-33-68(61)78(56-26-11-6-12-27-56)70-35-20-36-71(79)72(70)75/h4-48H,1-3H3. The molecule has 0 unspecified atom stereocenters. The number of hydrogen-bond donors (Lipinski definition) is 0. The van der Waals surface area contributed by atoms with Gasteiger partial charge in [-0.15, -0.1) is 0 Å². The van der Waals surface area contributed by atoms with Crippen molar-refractivity contribution >= 4 is 79.0 Å². The van der Waals surface area contributed by atoms with Crippen LogP contribution in [-0.2, 0) is 5.41 Å². The van der Waals surface area contributed by atoms with Gasteiger partial charge in [-0.1, -0.05) is 209 Å². The first-order valence-corrected chi connectivity index (χ1v) is 27.7. The maximum Gasteiger partial charge on any atom is 0.252 e.